The van der Waals surface area contributed by atoms with Gasteiger partial charge in [0.2, 0.25) is 0 Å². The van der Waals surface area contributed by atoms with E-state index in [4.69, 9.17) is 10.3 Å². The highest BCUT2D eigenvalue weighted by molar-refractivity contribution is 5.99. The van der Waals surface area contributed by atoms with Crippen molar-refractivity contribution in [3.63, 3.8) is 0 Å². The molecule has 0 saturated heterocycles. The number of rotatable bonds is 5. The summed E-state index contributed by atoms with van der Waals surface area (Å²) in [6.45, 7) is 0.430. The second-order valence-electron chi connectivity index (χ2n) is 4.53. The highest BCUT2D eigenvalue weighted by Gasteiger charge is 2.23. The lowest BCUT2D eigenvalue weighted by Gasteiger charge is -2.21. The van der Waals surface area contributed by atoms with Crippen LogP contribution in [0.1, 0.15) is 34.9 Å². The van der Waals surface area contributed by atoms with Crippen LogP contribution in [-0.4, -0.2) is 35.3 Å². The van der Waals surface area contributed by atoms with Crippen molar-refractivity contribution < 1.29 is 19.7 Å². The Balaban J connectivity index is 2.12. The van der Waals surface area contributed by atoms with Gasteiger partial charge in [-0.2, -0.15) is 0 Å². The summed E-state index contributed by atoms with van der Waals surface area (Å²) in [5.74, 6) is 0.441. The molecule has 1 heterocycles. The van der Waals surface area contributed by atoms with Gasteiger partial charge >= 0.3 is 0 Å². The van der Waals surface area contributed by atoms with Gasteiger partial charge in [-0.05, 0) is 29.6 Å². The maximum absolute atomic E-state index is 11.6. The second kappa shape index (κ2) is 6.38. The van der Waals surface area contributed by atoms with E-state index < -0.39 is 12.2 Å². The Bertz CT molecular complexity index is 555. The Morgan fingerprint density at radius 3 is 3.00 bits per heavy atom. The molecule has 0 fully saturated rings. The molecule has 1 aliphatic heterocycles. The lowest BCUT2D eigenvalue weighted by atomic mass is 9.97. The number of fused-ring (bicyclic) bond motifs is 1. The number of carbonyl (C=O) groups excluding carboxylic acids is 1. The summed E-state index contributed by atoms with van der Waals surface area (Å²) in [7, 11) is 0. The fourth-order valence-corrected chi connectivity index (χ4v) is 2.08. The smallest absolute Gasteiger partial charge is 0.169 e. The molecular weight excluding hydrogens is 262 g/mol. The third-order valence-electron chi connectivity index (χ3n) is 3.19. The number of benzene rings is 1. The topological polar surface area (TPSA) is 116 Å². The summed E-state index contributed by atoms with van der Waals surface area (Å²) in [5.41, 5.74) is 9.12. The van der Waals surface area contributed by atoms with Crippen LogP contribution in [0.15, 0.2) is 23.3 Å². The molecule has 0 aromatic heterocycles. The van der Waals surface area contributed by atoms with E-state index in [-0.39, 0.29) is 18.7 Å². The SMILES string of the molecule is [N-]=[N+]=NCCC(O)C(O)c1ccc2c(c1)OCCC2=O. The Kier molecular flexibility index (Phi) is 4.57. The van der Waals surface area contributed by atoms with Gasteiger partial charge in [0.15, 0.2) is 5.78 Å². The van der Waals surface area contributed by atoms with E-state index in [0.717, 1.165) is 0 Å². The van der Waals surface area contributed by atoms with Gasteiger partial charge in [0.05, 0.1) is 18.3 Å². The number of nitrogens with zero attached hydrogens (tertiary/aromatic N) is 3. The van der Waals surface area contributed by atoms with Crippen LogP contribution in [0.4, 0.5) is 0 Å². The van der Waals surface area contributed by atoms with Crippen LogP contribution >= 0.6 is 0 Å². The van der Waals surface area contributed by atoms with Crippen LogP contribution in [0.25, 0.3) is 10.4 Å². The molecule has 2 unspecified atom stereocenters. The van der Waals surface area contributed by atoms with Gasteiger partial charge < -0.3 is 14.9 Å². The molecule has 0 radical (unpaired) electrons. The normalized spacial score (nSPS) is 16.6. The number of hydrogen-bond donors (Lipinski definition) is 2. The van der Waals surface area contributed by atoms with Crippen LogP contribution in [0.2, 0.25) is 0 Å². The van der Waals surface area contributed by atoms with Crippen molar-refractivity contribution in [3.05, 3.63) is 39.8 Å². The standard InChI is InChI=1S/C13H15N3O4/c14-16-15-5-3-11(18)13(19)8-1-2-9-10(17)4-6-20-12(9)7-8/h1-2,7,11,13,18-19H,3-6H2. The molecule has 0 aliphatic carbocycles. The van der Waals surface area contributed by atoms with E-state index >= 15 is 0 Å². The van der Waals surface area contributed by atoms with Gasteiger partial charge in [-0.25, -0.2) is 0 Å². The minimum absolute atomic E-state index is 0.0104. The zero-order valence-electron chi connectivity index (χ0n) is 10.8. The quantitative estimate of drug-likeness (QED) is 0.484. The highest BCUT2D eigenvalue weighted by atomic mass is 16.5. The van der Waals surface area contributed by atoms with Gasteiger partial charge in [-0.15, -0.1) is 0 Å². The summed E-state index contributed by atoms with van der Waals surface area (Å²) >= 11 is 0. The Morgan fingerprint density at radius 1 is 1.45 bits per heavy atom. The van der Waals surface area contributed by atoms with E-state index in [9.17, 15) is 15.0 Å². The molecular formula is C13H15N3O4. The number of ether oxygens (including phenoxy) is 1. The predicted molar refractivity (Wildman–Crippen MR) is 70.5 cm³/mol. The molecule has 106 valence electrons. The Morgan fingerprint density at radius 2 is 2.25 bits per heavy atom. The number of azide groups is 1. The Hall–Kier alpha value is -2.08. The first-order chi connectivity index (χ1) is 9.63. The minimum Gasteiger partial charge on any atom is -0.492 e. The van der Waals surface area contributed by atoms with E-state index in [1.807, 2.05) is 0 Å². The van der Waals surface area contributed by atoms with E-state index in [0.29, 0.717) is 29.9 Å². The van der Waals surface area contributed by atoms with E-state index in [1.165, 1.54) is 0 Å². The fraction of sp³-hybridized carbons (Fsp3) is 0.462. The van der Waals surface area contributed by atoms with Crippen molar-refractivity contribution in [1.29, 1.82) is 0 Å². The van der Waals surface area contributed by atoms with Gasteiger partial charge in [0.1, 0.15) is 11.9 Å². The van der Waals surface area contributed by atoms with Gasteiger partial charge in [-0.1, -0.05) is 11.2 Å². The van der Waals surface area contributed by atoms with Crippen molar-refractivity contribution in [2.45, 2.75) is 25.0 Å². The zero-order valence-corrected chi connectivity index (χ0v) is 10.8. The number of carbonyl (C=O) groups is 1. The number of ketones is 1. The zero-order chi connectivity index (χ0) is 14.5. The third kappa shape index (κ3) is 3.08. The van der Waals surface area contributed by atoms with Crippen LogP contribution in [0.3, 0.4) is 0 Å². The molecule has 7 heteroatoms. The first-order valence-electron chi connectivity index (χ1n) is 6.30. The van der Waals surface area contributed by atoms with Crippen molar-refractivity contribution in [1.82, 2.24) is 0 Å². The lowest BCUT2D eigenvalue weighted by Crippen LogP contribution is -2.20. The van der Waals surface area contributed by atoms with Crippen LogP contribution in [-0.2, 0) is 0 Å². The molecule has 2 N–H and O–H groups in total. The maximum Gasteiger partial charge on any atom is 0.169 e. The molecule has 1 aromatic rings. The molecule has 0 spiro atoms. The fourth-order valence-electron chi connectivity index (χ4n) is 2.08. The van der Waals surface area contributed by atoms with E-state index in [1.54, 1.807) is 18.2 Å². The molecule has 0 amide bonds. The van der Waals surface area contributed by atoms with Crippen LogP contribution < -0.4 is 4.74 Å². The largest absolute Gasteiger partial charge is 0.492 e. The average Bonchev–Trinajstić information content (AvgIpc) is 2.46. The Labute approximate surface area is 115 Å². The van der Waals surface area contributed by atoms with Crippen LogP contribution in [0, 0.1) is 0 Å². The van der Waals surface area contributed by atoms with E-state index in [2.05, 4.69) is 10.0 Å². The molecule has 20 heavy (non-hydrogen) atoms. The second-order valence-corrected chi connectivity index (χ2v) is 4.53. The summed E-state index contributed by atoms with van der Waals surface area (Å²) in [4.78, 5) is 14.2. The number of Topliss-reactive ketones (excluding diaryl/α,β-unsaturated/α-hetero) is 1. The highest BCUT2D eigenvalue weighted by Crippen LogP contribution is 2.29. The minimum atomic E-state index is -1.12. The van der Waals surface area contributed by atoms with Gasteiger partial charge in [0.25, 0.3) is 0 Å². The van der Waals surface area contributed by atoms with Gasteiger partial charge in [-0.3, -0.25) is 4.79 Å². The van der Waals surface area contributed by atoms with Crippen LogP contribution in [0.5, 0.6) is 5.75 Å². The molecule has 7 nitrogen and oxygen atoms in total. The number of aliphatic hydroxyl groups is 2. The summed E-state index contributed by atoms with van der Waals surface area (Å²) in [6, 6.07) is 4.75. The maximum atomic E-state index is 11.6. The van der Waals surface area contributed by atoms with Crippen molar-refractivity contribution in [2.24, 2.45) is 5.11 Å². The molecule has 1 aliphatic rings. The van der Waals surface area contributed by atoms with Crippen molar-refractivity contribution in [3.8, 4) is 5.75 Å². The molecule has 2 atom stereocenters. The summed E-state index contributed by atoms with van der Waals surface area (Å²) < 4.78 is 5.38. The number of hydrogen-bond acceptors (Lipinski definition) is 5. The van der Waals surface area contributed by atoms with Crippen molar-refractivity contribution >= 4 is 5.78 Å². The van der Waals surface area contributed by atoms with Crippen molar-refractivity contribution in [2.75, 3.05) is 13.2 Å². The molecule has 0 bridgehead atoms. The average molecular weight is 277 g/mol. The first-order valence-corrected chi connectivity index (χ1v) is 6.30. The monoisotopic (exact) mass is 277 g/mol. The summed E-state index contributed by atoms with van der Waals surface area (Å²) in [5, 5.41) is 23.2. The first kappa shape index (κ1) is 14.3. The predicted octanol–water partition coefficient (Wildman–Crippen LogP) is 1.75. The number of aliphatic hydroxyl groups excluding tert-OH is 2. The molecule has 2 rings (SSSR count). The van der Waals surface area contributed by atoms with Gasteiger partial charge in [0, 0.05) is 17.9 Å². The summed E-state index contributed by atoms with van der Waals surface area (Å²) in [6.07, 6.45) is -1.65. The molecule has 0 saturated carbocycles. The third-order valence-corrected chi connectivity index (χ3v) is 3.19. The molecule has 1 aromatic carbocycles. The lowest BCUT2D eigenvalue weighted by molar-refractivity contribution is 0.0149.